The maximum atomic E-state index is 12.9. The van der Waals surface area contributed by atoms with Crippen molar-refractivity contribution in [2.75, 3.05) is 6.61 Å². The van der Waals surface area contributed by atoms with Gasteiger partial charge in [0.2, 0.25) is 0 Å². The van der Waals surface area contributed by atoms with Gasteiger partial charge in [0.25, 0.3) is 5.91 Å². The molecule has 6 nitrogen and oxygen atoms in total. The molecule has 164 valence electrons. The highest BCUT2D eigenvalue weighted by Gasteiger charge is 2.30. The van der Waals surface area contributed by atoms with E-state index in [4.69, 9.17) is 16.6 Å². The molecule has 1 amide bonds. The summed E-state index contributed by atoms with van der Waals surface area (Å²) in [7, 11) is 0. The predicted molar refractivity (Wildman–Crippen MR) is 124 cm³/mol. The summed E-state index contributed by atoms with van der Waals surface area (Å²) in [6, 6.07) is 5.21. The van der Waals surface area contributed by atoms with Crippen molar-refractivity contribution < 1.29 is 9.90 Å². The number of amides is 1. The molecule has 3 aromatic rings. The molecule has 0 fully saturated rings. The lowest BCUT2D eigenvalue weighted by molar-refractivity contribution is 0.0929. The number of fused-ring (bicyclic) bond motifs is 2. The summed E-state index contributed by atoms with van der Waals surface area (Å²) in [5.74, 6) is 0.342. The van der Waals surface area contributed by atoms with E-state index in [2.05, 4.69) is 42.1 Å². The van der Waals surface area contributed by atoms with E-state index in [1.165, 1.54) is 16.9 Å². The smallest absolute Gasteiger partial charge is 0.280 e. The van der Waals surface area contributed by atoms with Crippen molar-refractivity contribution in [3.63, 3.8) is 0 Å². The van der Waals surface area contributed by atoms with Crippen LogP contribution in [0.2, 0.25) is 5.15 Å². The fourth-order valence-electron chi connectivity index (χ4n) is 4.11. The van der Waals surface area contributed by atoms with Crippen LogP contribution in [0.1, 0.15) is 66.3 Å². The van der Waals surface area contributed by atoms with E-state index < -0.39 is 0 Å². The lowest BCUT2D eigenvalue weighted by Crippen LogP contribution is -2.29. The molecule has 0 aromatic carbocycles. The first-order chi connectivity index (χ1) is 14.7. The van der Waals surface area contributed by atoms with Crippen LogP contribution in [0, 0.1) is 11.3 Å². The normalized spacial score (nSPS) is 17.4. The highest BCUT2D eigenvalue weighted by atomic mass is 35.5. The minimum absolute atomic E-state index is 0.0589. The van der Waals surface area contributed by atoms with Gasteiger partial charge in [-0.25, -0.2) is 15.0 Å². The number of rotatable bonds is 5. The number of pyridine rings is 2. The summed E-state index contributed by atoms with van der Waals surface area (Å²) in [6.07, 6.45) is 5.10. The molecular weight excluding hydrogens is 432 g/mol. The summed E-state index contributed by atoms with van der Waals surface area (Å²) in [5, 5.41) is 13.2. The van der Waals surface area contributed by atoms with Crippen molar-refractivity contribution in [3.05, 3.63) is 51.4 Å². The van der Waals surface area contributed by atoms with E-state index in [9.17, 15) is 9.90 Å². The molecular formula is C23H27ClN4O2S. The number of carbonyl (C=O) groups excluding carboxylic acids is 1. The maximum Gasteiger partial charge on any atom is 0.280 e. The Bertz CT molecular complexity index is 1090. The standard InChI is InChI=1S/C23H27ClN4O2S/c1-23(2,3)15-5-6-16-14(10-15)11-18-21(27-16)31-22(28-18)20(30)26-17(8-9-29)13-4-7-19(24)25-12-13/h4,7,11-12,15,17,29H,5-6,8-10H2,1-3H3,(H,26,30)/t15?,17-/m1/s1. The third-order valence-corrected chi connectivity index (χ3v) is 7.23. The van der Waals surface area contributed by atoms with Gasteiger partial charge in [0.15, 0.2) is 5.01 Å². The van der Waals surface area contributed by atoms with Crippen molar-refractivity contribution in [1.82, 2.24) is 20.3 Å². The average Bonchev–Trinajstić information content (AvgIpc) is 3.14. The number of halogens is 1. The lowest BCUT2D eigenvalue weighted by Gasteiger charge is -2.34. The number of aliphatic hydroxyl groups is 1. The van der Waals surface area contributed by atoms with Crippen LogP contribution in [0.15, 0.2) is 24.4 Å². The number of aryl methyl sites for hydroxylation is 1. The Morgan fingerprint density at radius 3 is 2.84 bits per heavy atom. The van der Waals surface area contributed by atoms with Crippen molar-refractivity contribution in [2.45, 2.75) is 52.5 Å². The molecule has 8 heteroatoms. The van der Waals surface area contributed by atoms with Gasteiger partial charge in [-0.05, 0) is 60.3 Å². The number of nitrogens with zero attached hydrogens (tertiary/aromatic N) is 3. The maximum absolute atomic E-state index is 12.9. The van der Waals surface area contributed by atoms with E-state index in [0.717, 1.165) is 40.9 Å². The van der Waals surface area contributed by atoms with Crippen molar-refractivity contribution in [1.29, 1.82) is 0 Å². The zero-order valence-corrected chi connectivity index (χ0v) is 19.6. The van der Waals surface area contributed by atoms with E-state index >= 15 is 0 Å². The Morgan fingerprint density at radius 1 is 1.35 bits per heavy atom. The molecule has 0 radical (unpaired) electrons. The van der Waals surface area contributed by atoms with E-state index in [-0.39, 0.29) is 24.0 Å². The number of aromatic nitrogens is 3. The van der Waals surface area contributed by atoms with Crippen LogP contribution < -0.4 is 5.32 Å². The van der Waals surface area contributed by atoms with Crippen molar-refractivity contribution in [2.24, 2.45) is 11.3 Å². The Balaban J connectivity index is 1.56. The zero-order chi connectivity index (χ0) is 22.2. The first-order valence-corrected chi connectivity index (χ1v) is 11.8. The third-order valence-electron chi connectivity index (χ3n) is 6.04. The second kappa shape index (κ2) is 8.81. The van der Waals surface area contributed by atoms with Gasteiger partial charge in [-0.1, -0.05) is 49.8 Å². The van der Waals surface area contributed by atoms with Crippen LogP contribution in [-0.2, 0) is 12.8 Å². The Morgan fingerprint density at radius 2 is 2.16 bits per heavy atom. The first-order valence-electron chi connectivity index (χ1n) is 10.6. The summed E-state index contributed by atoms with van der Waals surface area (Å²) in [6.45, 7) is 6.81. The van der Waals surface area contributed by atoms with Gasteiger partial charge in [0.1, 0.15) is 15.5 Å². The van der Waals surface area contributed by atoms with E-state index in [1.807, 2.05) is 0 Å². The zero-order valence-electron chi connectivity index (χ0n) is 18.0. The number of carbonyl (C=O) groups is 1. The molecule has 0 aliphatic heterocycles. The minimum atomic E-state index is -0.372. The quantitative estimate of drug-likeness (QED) is 0.539. The molecule has 4 rings (SSSR count). The predicted octanol–water partition coefficient (Wildman–Crippen LogP) is 4.74. The van der Waals surface area contributed by atoms with Gasteiger partial charge in [-0.3, -0.25) is 4.79 Å². The first kappa shape index (κ1) is 22.1. The molecule has 31 heavy (non-hydrogen) atoms. The van der Waals surface area contributed by atoms with Gasteiger partial charge in [-0.2, -0.15) is 0 Å². The fourth-order valence-corrected chi connectivity index (χ4v) is 5.07. The van der Waals surface area contributed by atoms with Crippen LogP contribution in [0.3, 0.4) is 0 Å². The van der Waals surface area contributed by atoms with Crippen molar-refractivity contribution >= 4 is 39.2 Å². The largest absolute Gasteiger partial charge is 0.396 e. The molecule has 1 unspecified atom stereocenters. The van der Waals surface area contributed by atoms with Crippen LogP contribution in [0.25, 0.3) is 10.3 Å². The molecule has 0 spiro atoms. The van der Waals surface area contributed by atoms with E-state index in [0.29, 0.717) is 22.5 Å². The number of hydrogen-bond acceptors (Lipinski definition) is 6. The van der Waals surface area contributed by atoms with Crippen LogP contribution in [0.4, 0.5) is 0 Å². The van der Waals surface area contributed by atoms with Gasteiger partial charge in [0.05, 0.1) is 6.04 Å². The van der Waals surface area contributed by atoms with Gasteiger partial charge in [-0.15, -0.1) is 0 Å². The molecule has 3 heterocycles. The Hall–Kier alpha value is -2.09. The molecule has 1 aliphatic rings. The molecule has 3 aromatic heterocycles. The Labute approximate surface area is 191 Å². The molecule has 1 aliphatic carbocycles. The second-order valence-corrected chi connectivity index (χ2v) is 10.6. The SMILES string of the molecule is CC(C)(C)C1CCc2nc3sc(C(=O)N[C@H](CCO)c4ccc(Cl)nc4)nc3cc2C1. The number of aliphatic hydroxyl groups excluding tert-OH is 1. The van der Waals surface area contributed by atoms with E-state index in [1.54, 1.807) is 18.3 Å². The monoisotopic (exact) mass is 458 g/mol. The topological polar surface area (TPSA) is 88.0 Å². The molecule has 2 N–H and O–H groups in total. The summed E-state index contributed by atoms with van der Waals surface area (Å²) >= 11 is 7.17. The fraction of sp³-hybridized carbons (Fsp3) is 0.478. The summed E-state index contributed by atoms with van der Waals surface area (Å²) < 4.78 is 0. The average molecular weight is 459 g/mol. The summed E-state index contributed by atoms with van der Waals surface area (Å²) in [4.78, 5) is 27.2. The molecule has 0 saturated heterocycles. The summed E-state index contributed by atoms with van der Waals surface area (Å²) in [5.41, 5.74) is 4.21. The van der Waals surface area contributed by atoms with Crippen LogP contribution >= 0.6 is 22.9 Å². The highest BCUT2D eigenvalue weighted by Crippen LogP contribution is 2.38. The van der Waals surface area contributed by atoms with Gasteiger partial charge >= 0.3 is 0 Å². The highest BCUT2D eigenvalue weighted by molar-refractivity contribution is 7.19. The second-order valence-electron chi connectivity index (χ2n) is 9.20. The molecule has 0 saturated carbocycles. The Kier molecular flexibility index (Phi) is 6.28. The number of hydrogen-bond donors (Lipinski definition) is 2. The lowest BCUT2D eigenvalue weighted by atomic mass is 9.71. The van der Waals surface area contributed by atoms with Crippen LogP contribution in [-0.4, -0.2) is 32.6 Å². The molecule has 0 bridgehead atoms. The minimum Gasteiger partial charge on any atom is -0.396 e. The van der Waals surface area contributed by atoms with Gasteiger partial charge < -0.3 is 10.4 Å². The van der Waals surface area contributed by atoms with Crippen LogP contribution in [0.5, 0.6) is 0 Å². The number of thiazole rings is 1. The van der Waals surface area contributed by atoms with Gasteiger partial charge in [0, 0.05) is 18.5 Å². The third kappa shape index (κ3) is 4.89. The number of nitrogens with one attached hydrogen (secondary N) is 1. The molecule has 2 atom stereocenters. The van der Waals surface area contributed by atoms with Crippen molar-refractivity contribution in [3.8, 4) is 0 Å².